The number of carbonyl (C=O) groups is 3. The molecule has 0 bridgehead atoms. The van der Waals surface area contributed by atoms with Gasteiger partial charge in [-0.3, -0.25) is 19.8 Å². The number of hydrogen-bond donors (Lipinski definition) is 25. The smallest absolute Gasteiger partial charge is 0.303 e. The lowest BCUT2D eigenvalue weighted by molar-refractivity contribution is -0.138. The molecule has 0 aromatic heterocycles. The maximum Gasteiger partial charge on any atom is 0.303 e. The van der Waals surface area contributed by atoms with E-state index in [1.807, 2.05) is 12.1 Å². The van der Waals surface area contributed by atoms with Gasteiger partial charge in [0, 0.05) is 52.2 Å². The highest BCUT2D eigenvalue weighted by molar-refractivity contribution is 6.01. The summed E-state index contributed by atoms with van der Waals surface area (Å²) in [5.74, 6) is -18.9. The number of nitrogens with one attached hydrogen (secondary N) is 2. The molecule has 2 aromatic carbocycles. The van der Waals surface area contributed by atoms with E-state index < -0.39 is 291 Å². The molecule has 48 nitrogen and oxygen atoms in total. The van der Waals surface area contributed by atoms with Crippen LogP contribution in [0.1, 0.15) is 229 Å². The van der Waals surface area contributed by atoms with Gasteiger partial charge in [-0.1, -0.05) is 74.5 Å². The van der Waals surface area contributed by atoms with Crippen molar-refractivity contribution >= 4 is 136 Å². The van der Waals surface area contributed by atoms with Gasteiger partial charge in [0.2, 0.25) is 106 Å². The van der Waals surface area contributed by atoms with E-state index in [9.17, 15) is 132 Å². The summed E-state index contributed by atoms with van der Waals surface area (Å²) in [7, 11) is 0. The van der Waals surface area contributed by atoms with Crippen molar-refractivity contribution in [1.29, 1.82) is 5.41 Å². The molecule has 790 valence electrons. The van der Waals surface area contributed by atoms with Crippen LogP contribution in [0.2, 0.25) is 0 Å². The zero-order valence-corrected chi connectivity index (χ0v) is 85.2. The standard InChI is InChI=1S/C94H148N22O26/c1-50(2)67(76(133)113-93(21,22)84(141)114-91(17,18)82(139)104-59(39-42-66(123)124)72(129)103-58(38-41-65(121)122)71(128)101-57(48-96-43-45-117)46-55-32-27-25-28-33-55)106-75(132)62-36-31-44-116(62)85(142)94(23,24)115-83(140)92(19,20)108-64(120)49-97-77(134)86(7,8)112-74(131)61(47-56-34-29-26-30-35-56)105-81(138)90(15,16)111-73(130)60(37-40-63(95)119)102-68(125)51(3)98-79(136)88(11,12)109-70(127)53(5)100-80(137)89(13,14)110-69(126)52(4)99-78(135)87(9,10)107-54(6)118/h25-30,32-35,50-53,57-62,67,96,117H,31,36-49H2,1-24H3,(H2,95,119)(H,97,134)(H,98,136)(H,99,135)(H,100,137)(H,101,128)(H,102,125)(H,103,129)(H,104,139)(H,105,138)(H,106,132)(H,107,118)(H,108,120)(H,109,127)(H,110,126)(H,111,130)(H,112,131)(H,113,133)(H,114,141)(H,115,140)(H,121,122)(H,123,124). The molecule has 48 heteroatoms. The predicted molar refractivity (Wildman–Crippen MR) is 553 cm³/mol. The van der Waals surface area contributed by atoms with Gasteiger partial charge in [-0.15, -0.1) is 0 Å². The van der Waals surface area contributed by atoms with Gasteiger partial charge in [-0.2, -0.15) is 0 Å². The Morgan fingerprint density at radius 1 is 0.387 bits per heavy atom. The number of amides is 1. The minimum Gasteiger partial charge on any atom is -0.497 e. The number of carboxylic acid groups (broad SMARTS) is 2. The van der Waals surface area contributed by atoms with Crippen LogP contribution in [0.15, 0.2) is 156 Å². The number of likely N-dealkylation sites (tertiary alicyclic amines) is 1. The van der Waals surface area contributed by atoms with Gasteiger partial charge in [-0.25, -0.2) is 94.9 Å². The SMILES string of the molecule is CC(O)=NC(C)(C)C(O)=NC(C)C(O)=NC(C)(C)C(O)=NC(C)C(O)=NC(C)(C)C(O)=NC(C)C(O)=NC(CCC(=N)O)C(O)=NC(C)(C)C(O)=NC(Cc1ccccc1)C(O)=NC(C)(C)C(O)=NCC(O)=NC(C)(C)C(O)=NC(C)(C)C(=O)N1CCCC1C(O)=NC(C(O)=NC(C)(C)C(O)=NC(C)(C)C(O)=NC(CCC(=O)O)C(O)=NC(CCC(=O)O)C(O)=NC(CNCCO)Cc1ccccc1)C(C)C. The lowest BCUT2D eigenvalue weighted by atomic mass is 10.0. The van der Waals surface area contributed by atoms with Crippen LogP contribution in [0, 0.1) is 11.3 Å². The zero-order valence-electron chi connectivity index (χ0n) is 85.2. The van der Waals surface area contributed by atoms with Gasteiger partial charge >= 0.3 is 11.9 Å². The van der Waals surface area contributed by atoms with Crippen LogP contribution >= 0.6 is 0 Å². The number of aliphatic carboxylic acids is 2. The average molecular weight is 2000 g/mol. The number of aliphatic imine (C=N–C) groups is 19. The van der Waals surface area contributed by atoms with Crippen LogP contribution in [0.25, 0.3) is 0 Å². The lowest BCUT2D eigenvalue weighted by Crippen LogP contribution is -2.50. The van der Waals surface area contributed by atoms with E-state index >= 15 is 0 Å². The molecule has 0 saturated carbocycles. The summed E-state index contributed by atoms with van der Waals surface area (Å²) >= 11 is 0. The van der Waals surface area contributed by atoms with Crippen molar-refractivity contribution in [3.8, 4) is 0 Å². The number of carbonyl (C=O) groups excluding carboxylic acids is 1. The van der Waals surface area contributed by atoms with Crippen molar-refractivity contribution in [2.24, 2.45) is 101 Å². The Bertz CT molecular complexity index is 5270. The molecule has 0 radical (unpaired) electrons. The summed E-state index contributed by atoms with van der Waals surface area (Å²) in [6, 6.07) is 4.15. The summed E-state index contributed by atoms with van der Waals surface area (Å²) < 4.78 is 0. The van der Waals surface area contributed by atoms with E-state index in [4.69, 9.17) is 5.41 Å². The minimum atomic E-state index is -1.92. The molecule has 1 fully saturated rings. The molecule has 142 heavy (non-hydrogen) atoms. The zero-order chi connectivity index (χ0) is 109. The number of aliphatic hydroxyl groups excluding tert-OH is 21. The first kappa shape index (κ1) is 122. The number of aliphatic hydroxyl groups is 21. The highest BCUT2D eigenvalue weighted by Gasteiger charge is 2.44. The van der Waals surface area contributed by atoms with Crippen molar-refractivity contribution < 1.29 is 132 Å². The molecule has 0 aliphatic carbocycles. The Morgan fingerprint density at radius 2 is 0.746 bits per heavy atom. The summed E-state index contributed by atoms with van der Waals surface area (Å²) in [5, 5.41) is 264. The van der Waals surface area contributed by atoms with E-state index in [-0.39, 0.29) is 51.4 Å². The fourth-order valence-corrected chi connectivity index (χ4v) is 13.1. The molecule has 1 heterocycles. The predicted octanol–water partition coefficient (Wildman–Crippen LogP) is 12.3. The molecule has 2 aromatic rings. The Morgan fingerprint density at radius 3 is 1.20 bits per heavy atom. The Hall–Kier alpha value is -13.8. The number of nitrogens with zero attached hydrogens (tertiary/aromatic N) is 20. The van der Waals surface area contributed by atoms with Crippen molar-refractivity contribution in [2.45, 2.75) is 341 Å². The van der Waals surface area contributed by atoms with Crippen LogP contribution in [-0.4, -0.2) is 401 Å². The van der Waals surface area contributed by atoms with Gasteiger partial charge in [0.1, 0.15) is 111 Å². The molecule has 1 aliphatic rings. The summed E-state index contributed by atoms with van der Waals surface area (Å²) in [6.45, 7) is 32.1. The third-order valence-electron chi connectivity index (χ3n) is 21.7. The summed E-state index contributed by atoms with van der Waals surface area (Å²) in [4.78, 5) is 119. The highest BCUT2D eigenvalue weighted by atomic mass is 16.4. The number of carboxylic acids is 2. The van der Waals surface area contributed by atoms with E-state index in [1.54, 1.807) is 62.4 Å². The van der Waals surface area contributed by atoms with Crippen LogP contribution in [-0.2, 0) is 27.2 Å². The van der Waals surface area contributed by atoms with Crippen LogP contribution in [0.5, 0.6) is 0 Å². The molecule has 1 amide bonds. The Kier molecular flexibility index (Phi) is 45.3. The largest absolute Gasteiger partial charge is 0.497 e. The molecule has 1 saturated heterocycles. The average Bonchev–Trinajstić information content (AvgIpc) is 1.60. The van der Waals surface area contributed by atoms with E-state index in [1.165, 1.54) is 157 Å². The van der Waals surface area contributed by atoms with Crippen molar-refractivity contribution in [2.75, 3.05) is 32.8 Å². The third-order valence-corrected chi connectivity index (χ3v) is 21.7. The van der Waals surface area contributed by atoms with Crippen molar-refractivity contribution in [3.63, 3.8) is 0 Å². The lowest BCUT2D eigenvalue weighted by Gasteiger charge is -2.31. The fourth-order valence-electron chi connectivity index (χ4n) is 13.1. The monoisotopic (exact) mass is 2000 g/mol. The van der Waals surface area contributed by atoms with Gasteiger partial charge in [0.15, 0.2) is 11.8 Å². The normalized spacial score (nSPS) is 18.5. The van der Waals surface area contributed by atoms with Crippen molar-refractivity contribution in [3.05, 3.63) is 71.8 Å². The Labute approximate surface area is 825 Å². The molecule has 1 aliphatic heterocycles. The quantitative estimate of drug-likeness (QED) is 0.0166. The Balaban J connectivity index is 1.95. The molecule has 25 N–H and O–H groups in total. The molecule has 10 unspecified atom stereocenters. The topological polar surface area (TPSA) is 790 Å². The molecule has 0 spiro atoms. The van der Waals surface area contributed by atoms with Gasteiger partial charge in [0.25, 0.3) is 5.91 Å². The molecule has 10 atom stereocenters. The van der Waals surface area contributed by atoms with Crippen LogP contribution in [0.3, 0.4) is 0 Å². The third kappa shape index (κ3) is 39.3. The number of rotatable bonds is 56. The first-order valence-electron chi connectivity index (χ1n) is 45.9. The minimum absolute atomic E-state index is 0.0558. The second-order valence-electron chi connectivity index (χ2n) is 39.0. The number of benzene rings is 2. The number of hydrogen-bond acceptors (Lipinski definition) is 25. The summed E-state index contributed by atoms with van der Waals surface area (Å²) in [5.41, 5.74) is -14.6. The van der Waals surface area contributed by atoms with Gasteiger partial charge in [0.05, 0.1) is 12.6 Å². The molecule has 3 rings (SSSR count). The second kappa shape index (κ2) is 52.6. The van der Waals surface area contributed by atoms with Gasteiger partial charge in [-0.05, 0) is 201 Å². The van der Waals surface area contributed by atoms with Crippen molar-refractivity contribution in [1.82, 2.24) is 10.2 Å². The first-order valence-corrected chi connectivity index (χ1v) is 45.9. The van der Waals surface area contributed by atoms with Crippen LogP contribution in [0.4, 0.5) is 0 Å². The molecular weight excluding hydrogens is 1850 g/mol. The van der Waals surface area contributed by atoms with Gasteiger partial charge < -0.3 is 128 Å². The molecular formula is C94H148N22O26. The van der Waals surface area contributed by atoms with E-state index in [0.29, 0.717) is 12.0 Å². The maximum atomic E-state index is 14.6. The summed E-state index contributed by atoms with van der Waals surface area (Å²) in [6.07, 6.45) is -2.34. The van der Waals surface area contributed by atoms with E-state index in [2.05, 4.69) is 100 Å². The van der Waals surface area contributed by atoms with E-state index in [0.717, 1.165) is 5.56 Å². The van der Waals surface area contributed by atoms with Crippen LogP contribution < -0.4 is 5.32 Å². The maximum absolute atomic E-state index is 14.6. The first-order chi connectivity index (χ1) is 65.2. The fraction of sp³-hybridized carbons (Fsp3) is 0.628. The highest BCUT2D eigenvalue weighted by Crippen LogP contribution is 2.30. The second-order valence-corrected chi connectivity index (χ2v) is 39.0.